The van der Waals surface area contributed by atoms with Crippen LogP contribution in [0.3, 0.4) is 0 Å². The number of anilines is 3. The highest BCUT2D eigenvalue weighted by Crippen LogP contribution is 2.42. The van der Waals surface area contributed by atoms with Crippen LogP contribution in [-0.4, -0.2) is 0 Å². The molecule has 7 aromatic carbocycles. The number of nitrogens with zero attached hydrogens (tertiary/aromatic N) is 1. The van der Waals surface area contributed by atoms with Crippen molar-refractivity contribution < 1.29 is 0 Å². The van der Waals surface area contributed by atoms with Crippen LogP contribution in [0.2, 0.25) is 0 Å². The summed E-state index contributed by atoms with van der Waals surface area (Å²) in [7, 11) is 0. The van der Waals surface area contributed by atoms with Crippen molar-refractivity contribution in [2.45, 2.75) is 0 Å². The van der Waals surface area contributed by atoms with E-state index >= 15 is 0 Å². The summed E-state index contributed by atoms with van der Waals surface area (Å²) in [4.78, 5) is 2.37. The van der Waals surface area contributed by atoms with Crippen LogP contribution >= 0.6 is 0 Å². The Morgan fingerprint density at radius 3 is 1.18 bits per heavy atom. The van der Waals surface area contributed by atoms with Crippen molar-refractivity contribution in [1.29, 1.82) is 0 Å². The third-order valence-electron chi connectivity index (χ3n) is 8.76. The van der Waals surface area contributed by atoms with E-state index in [-0.39, 0.29) is 0 Å². The van der Waals surface area contributed by atoms with Gasteiger partial charge in [-0.05, 0) is 104 Å². The summed E-state index contributed by atoms with van der Waals surface area (Å²) in [6, 6.07) is 64.9. The largest absolute Gasteiger partial charge is 0.310 e. The molecule has 0 saturated carbocycles. The fraction of sp³-hybridized carbons (Fsp3) is 0. The van der Waals surface area contributed by atoms with E-state index in [0.717, 1.165) is 50.5 Å². The maximum absolute atomic E-state index is 4.15. The Labute approximate surface area is 290 Å². The van der Waals surface area contributed by atoms with Gasteiger partial charge in [-0.2, -0.15) is 0 Å². The fourth-order valence-electron chi connectivity index (χ4n) is 6.33. The van der Waals surface area contributed by atoms with Crippen LogP contribution in [0.4, 0.5) is 17.1 Å². The molecular formula is C48H37N. The Morgan fingerprint density at radius 2 is 0.755 bits per heavy atom. The number of allylic oxidation sites excluding steroid dienone is 4. The molecule has 0 fully saturated rings. The summed E-state index contributed by atoms with van der Waals surface area (Å²) in [5.41, 5.74) is 14.5. The van der Waals surface area contributed by atoms with Crippen LogP contribution in [0.25, 0.3) is 50.1 Å². The molecule has 0 aliphatic carbocycles. The molecular weight excluding hydrogens is 591 g/mol. The van der Waals surface area contributed by atoms with Crippen LogP contribution in [0, 0.1) is 0 Å². The first-order chi connectivity index (χ1) is 24.2. The second-order valence-electron chi connectivity index (χ2n) is 11.9. The molecule has 0 atom stereocenters. The average molecular weight is 628 g/mol. The highest BCUT2D eigenvalue weighted by atomic mass is 15.1. The minimum Gasteiger partial charge on any atom is -0.310 e. The van der Waals surface area contributed by atoms with Crippen molar-refractivity contribution in [3.05, 3.63) is 219 Å². The monoisotopic (exact) mass is 627 g/mol. The molecule has 0 aromatic heterocycles. The van der Waals surface area contributed by atoms with Gasteiger partial charge < -0.3 is 4.90 Å². The van der Waals surface area contributed by atoms with Crippen molar-refractivity contribution in [1.82, 2.24) is 0 Å². The maximum atomic E-state index is 4.15. The lowest BCUT2D eigenvalue weighted by Crippen LogP contribution is -2.11. The second kappa shape index (κ2) is 14.5. The molecule has 0 radical (unpaired) electrons. The number of rotatable bonds is 10. The standard InChI is InChI=1S/C48H37N/c1-3-17-36(4-2)42-30-43(38-20-11-6-12-21-38)33-47(32-42)49(46-28-26-41(27-29-46)37-18-9-5-10-19-37)48-34-44(39-22-13-7-14-23-39)31-45(35-48)40-24-15-8-16-25-40/h3-35H,1-2H2/b36-17+. The van der Waals surface area contributed by atoms with Crippen molar-refractivity contribution in [3.63, 3.8) is 0 Å². The summed E-state index contributed by atoms with van der Waals surface area (Å²) in [6.45, 7) is 8.13. The quantitative estimate of drug-likeness (QED) is 0.136. The van der Waals surface area contributed by atoms with Crippen molar-refractivity contribution in [2.75, 3.05) is 4.90 Å². The Hall–Kier alpha value is -6.44. The van der Waals surface area contributed by atoms with Gasteiger partial charge in [-0.3, -0.25) is 0 Å². The lowest BCUT2D eigenvalue weighted by Gasteiger charge is -2.28. The molecule has 234 valence electrons. The van der Waals surface area contributed by atoms with Crippen LogP contribution in [0.1, 0.15) is 5.56 Å². The van der Waals surface area contributed by atoms with Gasteiger partial charge in [-0.1, -0.05) is 165 Å². The Bertz CT molecular complexity index is 2160. The van der Waals surface area contributed by atoms with Crippen LogP contribution in [-0.2, 0) is 0 Å². The van der Waals surface area contributed by atoms with Crippen LogP contribution < -0.4 is 4.90 Å². The Morgan fingerprint density at radius 1 is 0.367 bits per heavy atom. The molecule has 49 heavy (non-hydrogen) atoms. The Balaban J connectivity index is 1.49. The molecule has 7 rings (SSSR count). The molecule has 0 bridgehead atoms. The molecule has 0 spiro atoms. The normalized spacial score (nSPS) is 11.1. The molecule has 0 saturated heterocycles. The second-order valence-corrected chi connectivity index (χ2v) is 11.9. The highest BCUT2D eigenvalue weighted by molar-refractivity contribution is 5.89. The van der Waals surface area contributed by atoms with Crippen molar-refractivity contribution in [2.24, 2.45) is 0 Å². The molecule has 1 heteroatoms. The summed E-state index contributed by atoms with van der Waals surface area (Å²) in [6.07, 6.45) is 5.74. The van der Waals surface area contributed by atoms with Gasteiger partial charge in [0.05, 0.1) is 0 Å². The maximum Gasteiger partial charge on any atom is 0.0473 e. The third kappa shape index (κ3) is 6.98. The van der Waals surface area contributed by atoms with Crippen LogP contribution in [0.15, 0.2) is 213 Å². The van der Waals surface area contributed by atoms with E-state index < -0.39 is 0 Å². The first-order valence-corrected chi connectivity index (χ1v) is 16.6. The minimum atomic E-state index is 1.01. The number of hydrogen-bond donors (Lipinski definition) is 0. The van der Waals surface area contributed by atoms with E-state index in [0.29, 0.717) is 0 Å². The average Bonchev–Trinajstić information content (AvgIpc) is 3.18. The van der Waals surface area contributed by atoms with E-state index in [9.17, 15) is 0 Å². The van der Waals surface area contributed by atoms with E-state index in [2.05, 4.69) is 200 Å². The summed E-state index contributed by atoms with van der Waals surface area (Å²) in [5, 5.41) is 0. The van der Waals surface area contributed by atoms with Gasteiger partial charge in [-0.15, -0.1) is 0 Å². The third-order valence-corrected chi connectivity index (χ3v) is 8.76. The van der Waals surface area contributed by atoms with Gasteiger partial charge in [0.25, 0.3) is 0 Å². The Kier molecular flexibility index (Phi) is 9.25. The molecule has 0 aliphatic heterocycles. The van der Waals surface area contributed by atoms with E-state index in [1.54, 1.807) is 0 Å². The summed E-state index contributed by atoms with van der Waals surface area (Å²) >= 11 is 0. The summed E-state index contributed by atoms with van der Waals surface area (Å²) < 4.78 is 0. The SMILES string of the molecule is C=C/C=C(\C=C)c1cc(-c2ccccc2)cc(N(c2ccc(-c3ccccc3)cc2)c2cc(-c3ccccc3)cc(-c3ccccc3)c2)c1. The molecule has 0 heterocycles. The number of hydrogen-bond acceptors (Lipinski definition) is 1. The zero-order valence-corrected chi connectivity index (χ0v) is 27.4. The van der Waals surface area contributed by atoms with Gasteiger partial charge in [0.2, 0.25) is 0 Å². The van der Waals surface area contributed by atoms with E-state index in [1.165, 1.54) is 22.3 Å². The van der Waals surface area contributed by atoms with Crippen molar-refractivity contribution >= 4 is 22.6 Å². The fourth-order valence-corrected chi connectivity index (χ4v) is 6.33. The zero-order chi connectivity index (χ0) is 33.4. The predicted molar refractivity (Wildman–Crippen MR) is 211 cm³/mol. The lowest BCUT2D eigenvalue weighted by molar-refractivity contribution is 1.28. The van der Waals surface area contributed by atoms with Gasteiger partial charge in [0.1, 0.15) is 0 Å². The lowest BCUT2D eigenvalue weighted by atomic mass is 9.95. The van der Waals surface area contributed by atoms with Crippen LogP contribution in [0.5, 0.6) is 0 Å². The predicted octanol–water partition coefficient (Wildman–Crippen LogP) is 13.6. The van der Waals surface area contributed by atoms with Gasteiger partial charge in [-0.25, -0.2) is 0 Å². The van der Waals surface area contributed by atoms with Crippen molar-refractivity contribution in [3.8, 4) is 44.5 Å². The smallest absolute Gasteiger partial charge is 0.0473 e. The number of benzene rings is 7. The zero-order valence-electron chi connectivity index (χ0n) is 27.4. The molecule has 7 aromatic rings. The summed E-state index contributed by atoms with van der Waals surface area (Å²) in [5.74, 6) is 0. The molecule has 0 unspecified atom stereocenters. The first-order valence-electron chi connectivity index (χ1n) is 16.6. The van der Waals surface area contributed by atoms with Gasteiger partial charge in [0, 0.05) is 17.1 Å². The molecule has 0 N–H and O–H groups in total. The molecule has 0 aliphatic rings. The molecule has 0 amide bonds. The molecule has 1 nitrogen and oxygen atoms in total. The van der Waals surface area contributed by atoms with E-state index in [4.69, 9.17) is 0 Å². The minimum absolute atomic E-state index is 1.01. The topological polar surface area (TPSA) is 3.24 Å². The van der Waals surface area contributed by atoms with E-state index in [1.807, 2.05) is 18.2 Å². The van der Waals surface area contributed by atoms with Gasteiger partial charge in [0.15, 0.2) is 0 Å². The highest BCUT2D eigenvalue weighted by Gasteiger charge is 2.18. The van der Waals surface area contributed by atoms with Gasteiger partial charge >= 0.3 is 0 Å². The first kappa shape index (κ1) is 31.2.